The van der Waals surface area contributed by atoms with Crippen molar-refractivity contribution < 1.29 is 18.8 Å². The van der Waals surface area contributed by atoms with Gasteiger partial charge in [0.25, 0.3) is 11.8 Å². The van der Waals surface area contributed by atoms with Gasteiger partial charge in [-0.25, -0.2) is 0 Å². The van der Waals surface area contributed by atoms with E-state index in [0.717, 1.165) is 18.5 Å². The molecule has 170 valence electrons. The van der Waals surface area contributed by atoms with Crippen molar-refractivity contribution in [2.45, 2.75) is 13.0 Å². The maximum Gasteiger partial charge on any atom is 0.265 e. The zero-order chi connectivity index (χ0) is 22.6. The molecule has 0 unspecified atom stereocenters. The predicted octanol–water partition coefficient (Wildman–Crippen LogP) is 2.20. The summed E-state index contributed by atoms with van der Waals surface area (Å²) in [6.45, 7) is 3.30. The Morgan fingerprint density at radius 1 is 0.970 bits per heavy atom. The molecule has 0 radical (unpaired) electrons. The third-order valence-corrected chi connectivity index (χ3v) is 5.90. The molecule has 2 aliphatic rings. The number of amides is 2. The predicted molar refractivity (Wildman–Crippen MR) is 120 cm³/mol. The van der Waals surface area contributed by atoms with Gasteiger partial charge < -0.3 is 14.2 Å². The summed E-state index contributed by atoms with van der Waals surface area (Å²) in [5.41, 5.74) is 1.54. The van der Waals surface area contributed by atoms with Crippen LogP contribution in [0.25, 0.3) is 11.5 Å². The highest BCUT2D eigenvalue weighted by molar-refractivity contribution is 6.02. The summed E-state index contributed by atoms with van der Waals surface area (Å²) >= 11 is 0. The maximum absolute atomic E-state index is 13.0. The van der Waals surface area contributed by atoms with Gasteiger partial charge in [0.15, 0.2) is 12.4 Å². The molecule has 0 aliphatic carbocycles. The highest BCUT2D eigenvalue weighted by Crippen LogP contribution is 2.31. The van der Waals surface area contributed by atoms with Crippen LogP contribution in [-0.4, -0.2) is 71.1 Å². The van der Waals surface area contributed by atoms with Crippen LogP contribution in [0.15, 0.2) is 59.1 Å². The Bertz CT molecular complexity index is 1130. The van der Waals surface area contributed by atoms with E-state index in [2.05, 4.69) is 15.0 Å². The van der Waals surface area contributed by atoms with E-state index in [-0.39, 0.29) is 25.0 Å². The van der Waals surface area contributed by atoms with Crippen LogP contribution >= 0.6 is 0 Å². The number of carbonyl (C=O) groups excluding carboxylic acids is 2. The molecule has 1 fully saturated rings. The molecule has 2 amide bonds. The third kappa shape index (κ3) is 4.73. The Kier molecular flexibility index (Phi) is 6.03. The summed E-state index contributed by atoms with van der Waals surface area (Å²) < 4.78 is 10.9. The molecule has 5 rings (SSSR count). The lowest BCUT2D eigenvalue weighted by molar-refractivity contribution is -0.131. The molecule has 2 aliphatic heterocycles. The highest BCUT2D eigenvalue weighted by atomic mass is 16.5. The van der Waals surface area contributed by atoms with Crippen molar-refractivity contribution in [2.75, 3.05) is 44.2 Å². The van der Waals surface area contributed by atoms with E-state index in [0.29, 0.717) is 49.3 Å². The number of para-hydroxylation sites is 2. The van der Waals surface area contributed by atoms with Crippen LogP contribution in [0.1, 0.15) is 12.2 Å². The van der Waals surface area contributed by atoms with Gasteiger partial charge in [0, 0.05) is 31.7 Å². The highest BCUT2D eigenvalue weighted by Gasteiger charge is 2.29. The first kappa shape index (κ1) is 21.1. The number of benzene rings is 2. The standard InChI is InChI=1S/C24H25N5O4/c30-22(16-29-19-9-4-5-10-20(19)32-17-23(29)31)28-12-6-11-27(13-14-28)15-21-25-24(33-26-21)18-7-2-1-3-8-18/h1-5,7-10H,6,11-17H2. The van der Waals surface area contributed by atoms with Crippen molar-refractivity contribution in [2.24, 2.45) is 0 Å². The molecule has 0 bridgehead atoms. The summed E-state index contributed by atoms with van der Waals surface area (Å²) in [5.74, 6) is 1.50. The normalized spacial score (nSPS) is 16.8. The average Bonchev–Trinajstić information content (AvgIpc) is 3.19. The van der Waals surface area contributed by atoms with E-state index in [1.165, 1.54) is 4.90 Å². The molecule has 2 aromatic carbocycles. The van der Waals surface area contributed by atoms with Gasteiger partial charge in [-0.1, -0.05) is 35.5 Å². The van der Waals surface area contributed by atoms with Crippen molar-refractivity contribution in [3.63, 3.8) is 0 Å². The minimum Gasteiger partial charge on any atom is -0.482 e. The monoisotopic (exact) mass is 447 g/mol. The molecular formula is C24H25N5O4. The summed E-state index contributed by atoms with van der Waals surface area (Å²) in [5, 5.41) is 4.11. The molecule has 0 N–H and O–H groups in total. The van der Waals surface area contributed by atoms with Gasteiger partial charge in [0.1, 0.15) is 12.3 Å². The number of fused-ring (bicyclic) bond motifs is 1. The van der Waals surface area contributed by atoms with E-state index in [1.807, 2.05) is 53.4 Å². The fraction of sp³-hybridized carbons (Fsp3) is 0.333. The van der Waals surface area contributed by atoms with E-state index in [1.54, 1.807) is 6.07 Å². The first-order valence-electron chi connectivity index (χ1n) is 11.1. The number of hydrogen-bond acceptors (Lipinski definition) is 7. The average molecular weight is 447 g/mol. The fourth-order valence-electron chi connectivity index (χ4n) is 4.16. The summed E-state index contributed by atoms with van der Waals surface area (Å²) in [4.78, 5) is 35.5. The van der Waals surface area contributed by atoms with Crippen molar-refractivity contribution >= 4 is 17.5 Å². The Morgan fingerprint density at radius 3 is 2.67 bits per heavy atom. The Balaban J connectivity index is 1.18. The van der Waals surface area contributed by atoms with Crippen LogP contribution < -0.4 is 9.64 Å². The van der Waals surface area contributed by atoms with Gasteiger partial charge in [-0.3, -0.25) is 19.4 Å². The number of nitrogens with zero attached hydrogens (tertiary/aromatic N) is 5. The molecule has 1 aromatic heterocycles. The molecule has 0 atom stereocenters. The smallest absolute Gasteiger partial charge is 0.265 e. The van der Waals surface area contributed by atoms with Crippen LogP contribution in [0.4, 0.5) is 5.69 Å². The lowest BCUT2D eigenvalue weighted by Crippen LogP contribution is -2.47. The van der Waals surface area contributed by atoms with E-state index >= 15 is 0 Å². The van der Waals surface area contributed by atoms with Crippen molar-refractivity contribution in [3.8, 4) is 17.2 Å². The number of hydrogen-bond donors (Lipinski definition) is 0. The number of ether oxygens (including phenoxy) is 1. The summed E-state index contributed by atoms with van der Waals surface area (Å²) in [6.07, 6.45) is 0.836. The molecular weight excluding hydrogens is 422 g/mol. The Labute approximate surface area is 191 Å². The summed E-state index contributed by atoms with van der Waals surface area (Å²) in [6, 6.07) is 17.0. The van der Waals surface area contributed by atoms with Crippen LogP contribution in [0.5, 0.6) is 5.75 Å². The van der Waals surface area contributed by atoms with E-state index in [9.17, 15) is 9.59 Å². The van der Waals surface area contributed by atoms with E-state index < -0.39 is 0 Å². The number of anilines is 1. The van der Waals surface area contributed by atoms with Crippen molar-refractivity contribution in [1.29, 1.82) is 0 Å². The summed E-state index contributed by atoms with van der Waals surface area (Å²) in [7, 11) is 0. The second-order valence-electron chi connectivity index (χ2n) is 8.13. The Hall–Kier alpha value is -3.72. The minimum atomic E-state index is -0.204. The fourth-order valence-corrected chi connectivity index (χ4v) is 4.16. The van der Waals surface area contributed by atoms with Crippen molar-refractivity contribution in [3.05, 3.63) is 60.4 Å². The first-order chi connectivity index (χ1) is 16.2. The molecule has 0 saturated carbocycles. The van der Waals surface area contributed by atoms with Gasteiger partial charge >= 0.3 is 0 Å². The van der Waals surface area contributed by atoms with Gasteiger partial charge in [-0.2, -0.15) is 4.98 Å². The molecule has 0 spiro atoms. The lowest BCUT2D eigenvalue weighted by atomic mass is 10.2. The largest absolute Gasteiger partial charge is 0.482 e. The maximum atomic E-state index is 13.0. The Morgan fingerprint density at radius 2 is 1.79 bits per heavy atom. The second-order valence-corrected chi connectivity index (χ2v) is 8.13. The molecule has 33 heavy (non-hydrogen) atoms. The number of aromatic nitrogens is 2. The lowest BCUT2D eigenvalue weighted by Gasteiger charge is -2.31. The topological polar surface area (TPSA) is 92.0 Å². The molecule has 9 heteroatoms. The quantitative estimate of drug-likeness (QED) is 0.592. The van der Waals surface area contributed by atoms with Gasteiger partial charge in [0.05, 0.1) is 12.2 Å². The zero-order valence-electron chi connectivity index (χ0n) is 18.2. The second kappa shape index (κ2) is 9.41. The first-order valence-corrected chi connectivity index (χ1v) is 11.1. The molecule has 3 aromatic rings. The zero-order valence-corrected chi connectivity index (χ0v) is 18.2. The number of rotatable bonds is 5. The third-order valence-electron chi connectivity index (χ3n) is 5.90. The molecule has 9 nitrogen and oxygen atoms in total. The molecule has 1 saturated heterocycles. The number of carbonyl (C=O) groups is 2. The van der Waals surface area contributed by atoms with Gasteiger partial charge in [0.2, 0.25) is 5.91 Å². The van der Waals surface area contributed by atoms with Gasteiger partial charge in [-0.15, -0.1) is 0 Å². The minimum absolute atomic E-state index is 0.0183. The van der Waals surface area contributed by atoms with Crippen LogP contribution in [-0.2, 0) is 16.1 Å². The van der Waals surface area contributed by atoms with Crippen LogP contribution in [0, 0.1) is 0 Å². The van der Waals surface area contributed by atoms with Crippen LogP contribution in [0.3, 0.4) is 0 Å². The van der Waals surface area contributed by atoms with E-state index in [4.69, 9.17) is 9.26 Å². The molecule has 3 heterocycles. The SMILES string of the molecule is O=C(CN1C(=O)COc2ccccc21)N1CCCN(Cc2noc(-c3ccccc3)n2)CC1. The van der Waals surface area contributed by atoms with Gasteiger partial charge in [-0.05, 0) is 30.7 Å². The van der Waals surface area contributed by atoms with Crippen LogP contribution in [0.2, 0.25) is 0 Å². The van der Waals surface area contributed by atoms with Crippen molar-refractivity contribution in [1.82, 2.24) is 19.9 Å².